The minimum Gasteiger partial charge on any atom is -0.381 e. The van der Waals surface area contributed by atoms with Crippen LogP contribution in [0.2, 0.25) is 0 Å². The van der Waals surface area contributed by atoms with Crippen LogP contribution in [0.1, 0.15) is 23.4 Å². The van der Waals surface area contributed by atoms with Crippen molar-refractivity contribution >= 4 is 5.91 Å². The van der Waals surface area contributed by atoms with Crippen LogP contribution in [-0.4, -0.2) is 35.4 Å². The average molecular weight is 251 g/mol. The molecule has 1 aliphatic rings. The molecule has 18 heavy (non-hydrogen) atoms. The Morgan fingerprint density at radius 2 is 2.22 bits per heavy atom. The standard InChI is InChI=1S/C13H21N3O2/c1-9-12(10(2)16(3)15-9)4-5-14-13(17)6-11-7-18-8-11/h11H,4-8H2,1-3H3,(H,14,17). The molecule has 0 radical (unpaired) electrons. The van der Waals surface area contributed by atoms with Gasteiger partial charge >= 0.3 is 0 Å². The quantitative estimate of drug-likeness (QED) is 0.839. The predicted octanol–water partition coefficient (Wildman–Crippen LogP) is 0.732. The maximum Gasteiger partial charge on any atom is 0.220 e. The van der Waals surface area contributed by atoms with Crippen molar-refractivity contribution in [1.29, 1.82) is 0 Å². The van der Waals surface area contributed by atoms with E-state index in [1.165, 1.54) is 11.3 Å². The Morgan fingerprint density at radius 3 is 2.72 bits per heavy atom. The number of amides is 1. The fraction of sp³-hybridized carbons (Fsp3) is 0.692. The van der Waals surface area contributed by atoms with Gasteiger partial charge in [-0.2, -0.15) is 5.10 Å². The molecule has 0 saturated carbocycles. The van der Waals surface area contributed by atoms with Crippen molar-refractivity contribution in [1.82, 2.24) is 15.1 Å². The lowest BCUT2D eigenvalue weighted by Crippen LogP contribution is -2.35. The molecule has 0 bridgehead atoms. The smallest absolute Gasteiger partial charge is 0.220 e. The van der Waals surface area contributed by atoms with Gasteiger partial charge in [0.1, 0.15) is 0 Å². The molecule has 1 N–H and O–H groups in total. The van der Waals surface area contributed by atoms with E-state index in [-0.39, 0.29) is 5.91 Å². The van der Waals surface area contributed by atoms with Crippen LogP contribution in [0.3, 0.4) is 0 Å². The van der Waals surface area contributed by atoms with Gasteiger partial charge in [-0.05, 0) is 25.8 Å². The van der Waals surface area contributed by atoms with Crippen LogP contribution < -0.4 is 5.32 Å². The number of nitrogens with zero attached hydrogens (tertiary/aromatic N) is 2. The molecule has 5 heteroatoms. The van der Waals surface area contributed by atoms with E-state index in [4.69, 9.17) is 4.74 Å². The highest BCUT2D eigenvalue weighted by atomic mass is 16.5. The highest BCUT2D eigenvalue weighted by Gasteiger charge is 2.21. The minimum absolute atomic E-state index is 0.127. The Balaban J connectivity index is 1.75. The molecular formula is C13H21N3O2. The van der Waals surface area contributed by atoms with Crippen LogP contribution in [0, 0.1) is 19.8 Å². The van der Waals surface area contributed by atoms with E-state index >= 15 is 0 Å². The van der Waals surface area contributed by atoms with Crippen molar-refractivity contribution in [3.63, 3.8) is 0 Å². The van der Waals surface area contributed by atoms with Crippen molar-refractivity contribution in [2.75, 3.05) is 19.8 Å². The number of aryl methyl sites for hydroxylation is 2. The molecule has 1 amide bonds. The summed E-state index contributed by atoms with van der Waals surface area (Å²) in [5.74, 6) is 0.550. The van der Waals surface area contributed by atoms with Gasteiger partial charge in [0.15, 0.2) is 0 Å². The van der Waals surface area contributed by atoms with Gasteiger partial charge in [-0.3, -0.25) is 9.48 Å². The molecular weight excluding hydrogens is 230 g/mol. The lowest BCUT2D eigenvalue weighted by Gasteiger charge is -2.25. The predicted molar refractivity (Wildman–Crippen MR) is 68.3 cm³/mol. The largest absolute Gasteiger partial charge is 0.381 e. The summed E-state index contributed by atoms with van der Waals surface area (Å²) in [6.45, 7) is 6.21. The fourth-order valence-corrected chi connectivity index (χ4v) is 2.24. The molecule has 2 rings (SSSR count). The third kappa shape index (κ3) is 2.90. The molecule has 1 fully saturated rings. The summed E-state index contributed by atoms with van der Waals surface area (Å²) >= 11 is 0. The van der Waals surface area contributed by atoms with Gasteiger partial charge in [-0.1, -0.05) is 0 Å². The number of carbonyl (C=O) groups is 1. The third-order valence-corrected chi connectivity index (χ3v) is 3.54. The van der Waals surface area contributed by atoms with E-state index in [2.05, 4.69) is 17.3 Å². The summed E-state index contributed by atoms with van der Waals surface area (Å²) in [4.78, 5) is 11.6. The van der Waals surface area contributed by atoms with Crippen LogP contribution in [0.5, 0.6) is 0 Å². The average Bonchev–Trinajstić information content (AvgIpc) is 2.50. The second-order valence-electron chi connectivity index (χ2n) is 4.98. The van der Waals surface area contributed by atoms with E-state index in [1.807, 2.05) is 18.7 Å². The molecule has 0 aliphatic carbocycles. The topological polar surface area (TPSA) is 56.2 Å². The monoisotopic (exact) mass is 251 g/mol. The summed E-state index contributed by atoms with van der Waals surface area (Å²) in [6.07, 6.45) is 1.43. The normalized spacial score (nSPS) is 15.5. The number of aromatic nitrogens is 2. The summed E-state index contributed by atoms with van der Waals surface area (Å²) in [5.41, 5.74) is 3.47. The second-order valence-corrected chi connectivity index (χ2v) is 4.98. The van der Waals surface area contributed by atoms with Gasteiger partial charge in [-0.25, -0.2) is 0 Å². The maximum atomic E-state index is 11.6. The van der Waals surface area contributed by atoms with Gasteiger partial charge in [0.25, 0.3) is 0 Å². The molecule has 1 saturated heterocycles. The molecule has 1 aromatic rings. The van der Waals surface area contributed by atoms with Crippen molar-refractivity contribution in [2.45, 2.75) is 26.7 Å². The molecule has 100 valence electrons. The molecule has 0 aromatic carbocycles. The van der Waals surface area contributed by atoms with Gasteiger partial charge in [0, 0.05) is 31.6 Å². The Labute approximate surface area is 108 Å². The summed E-state index contributed by atoms with van der Waals surface area (Å²) in [5, 5.41) is 7.33. The molecule has 5 nitrogen and oxygen atoms in total. The van der Waals surface area contributed by atoms with Gasteiger partial charge in [0.2, 0.25) is 5.91 Å². The Kier molecular flexibility index (Phi) is 4.01. The number of hydrogen-bond acceptors (Lipinski definition) is 3. The lowest BCUT2D eigenvalue weighted by molar-refractivity contribution is -0.126. The first-order valence-corrected chi connectivity index (χ1v) is 6.41. The van der Waals surface area contributed by atoms with Crippen LogP contribution in [0.4, 0.5) is 0 Å². The zero-order valence-corrected chi connectivity index (χ0v) is 11.3. The molecule has 0 spiro atoms. The first-order valence-electron chi connectivity index (χ1n) is 6.41. The zero-order valence-electron chi connectivity index (χ0n) is 11.3. The second kappa shape index (κ2) is 5.52. The third-order valence-electron chi connectivity index (χ3n) is 3.54. The van der Waals surface area contributed by atoms with Crippen molar-refractivity contribution < 1.29 is 9.53 Å². The maximum absolute atomic E-state index is 11.6. The summed E-state index contributed by atoms with van der Waals surface area (Å²) in [6, 6.07) is 0. The van der Waals surface area contributed by atoms with Gasteiger partial charge < -0.3 is 10.1 Å². The van der Waals surface area contributed by atoms with E-state index < -0.39 is 0 Å². The highest BCUT2D eigenvalue weighted by molar-refractivity contribution is 5.76. The van der Waals surface area contributed by atoms with Gasteiger partial charge in [0.05, 0.1) is 18.9 Å². The summed E-state index contributed by atoms with van der Waals surface area (Å²) < 4.78 is 6.94. The molecule has 0 unspecified atom stereocenters. The van der Waals surface area contributed by atoms with Crippen LogP contribution in [0.15, 0.2) is 0 Å². The van der Waals surface area contributed by atoms with E-state index in [9.17, 15) is 4.79 Å². The number of carbonyl (C=O) groups excluding carboxylic acids is 1. The SMILES string of the molecule is Cc1nn(C)c(C)c1CCNC(=O)CC1COC1. The van der Waals surface area contributed by atoms with Crippen molar-refractivity contribution in [3.05, 3.63) is 17.0 Å². The van der Waals surface area contributed by atoms with Crippen molar-refractivity contribution in [2.24, 2.45) is 13.0 Å². The van der Waals surface area contributed by atoms with E-state index in [0.29, 0.717) is 18.9 Å². The Bertz CT molecular complexity index is 436. The lowest BCUT2D eigenvalue weighted by atomic mass is 10.0. The van der Waals surface area contributed by atoms with Crippen LogP contribution >= 0.6 is 0 Å². The molecule has 1 aromatic heterocycles. The number of nitrogens with one attached hydrogen (secondary N) is 1. The van der Waals surface area contributed by atoms with Crippen molar-refractivity contribution in [3.8, 4) is 0 Å². The van der Waals surface area contributed by atoms with Crippen LogP contribution in [-0.2, 0) is 23.0 Å². The molecule has 1 aliphatic heterocycles. The number of rotatable bonds is 5. The van der Waals surface area contributed by atoms with E-state index in [0.717, 1.165) is 25.3 Å². The van der Waals surface area contributed by atoms with E-state index in [1.54, 1.807) is 0 Å². The minimum atomic E-state index is 0.127. The fourth-order valence-electron chi connectivity index (χ4n) is 2.24. The summed E-state index contributed by atoms with van der Waals surface area (Å²) in [7, 11) is 1.95. The first-order chi connectivity index (χ1) is 8.58. The number of ether oxygens (including phenoxy) is 1. The zero-order chi connectivity index (χ0) is 13.1. The highest BCUT2D eigenvalue weighted by Crippen LogP contribution is 2.14. The first kappa shape index (κ1) is 13.1. The molecule has 2 heterocycles. The Morgan fingerprint density at radius 1 is 1.50 bits per heavy atom. The van der Waals surface area contributed by atoms with Crippen LogP contribution in [0.25, 0.3) is 0 Å². The molecule has 0 atom stereocenters. The Hall–Kier alpha value is -1.36. The number of hydrogen-bond donors (Lipinski definition) is 1. The van der Waals surface area contributed by atoms with Gasteiger partial charge in [-0.15, -0.1) is 0 Å².